The van der Waals surface area contributed by atoms with Crippen molar-refractivity contribution in [3.63, 3.8) is 0 Å². The van der Waals surface area contributed by atoms with Gasteiger partial charge in [0.1, 0.15) is 0 Å². The lowest BCUT2D eigenvalue weighted by molar-refractivity contribution is 0.321. The highest BCUT2D eigenvalue weighted by atomic mass is 32.1. The van der Waals surface area contributed by atoms with Gasteiger partial charge in [0.15, 0.2) is 0 Å². The van der Waals surface area contributed by atoms with Crippen LogP contribution in [-0.2, 0) is 19.6 Å². The van der Waals surface area contributed by atoms with E-state index in [1.165, 1.54) is 22.4 Å². The zero-order valence-corrected chi connectivity index (χ0v) is 14.0. The molecule has 3 nitrogen and oxygen atoms in total. The van der Waals surface area contributed by atoms with Crippen molar-refractivity contribution >= 4 is 11.3 Å². The summed E-state index contributed by atoms with van der Waals surface area (Å²) >= 11 is 1.74. The Labute approximate surface area is 132 Å². The van der Waals surface area contributed by atoms with Gasteiger partial charge in [-0.2, -0.15) is 0 Å². The van der Waals surface area contributed by atoms with Gasteiger partial charge < -0.3 is 5.32 Å². The highest BCUT2D eigenvalue weighted by Crippen LogP contribution is 2.16. The molecule has 0 spiro atoms. The molecular formula is C17H25N3S. The molecular weight excluding hydrogens is 278 g/mol. The Balaban J connectivity index is 1.83. The number of thiazole rings is 1. The molecule has 21 heavy (non-hydrogen) atoms. The van der Waals surface area contributed by atoms with Gasteiger partial charge in [-0.25, -0.2) is 4.98 Å². The molecule has 0 radical (unpaired) electrons. The Hall–Kier alpha value is -1.23. The number of rotatable bonds is 8. The zero-order valence-electron chi connectivity index (χ0n) is 13.2. The van der Waals surface area contributed by atoms with E-state index in [0.29, 0.717) is 0 Å². The average molecular weight is 303 g/mol. The Kier molecular flexibility index (Phi) is 6.36. The third-order valence-corrected chi connectivity index (χ3v) is 4.41. The van der Waals surface area contributed by atoms with Crippen LogP contribution in [0.15, 0.2) is 29.8 Å². The molecule has 1 N–H and O–H groups in total. The van der Waals surface area contributed by atoms with Crippen molar-refractivity contribution in [1.82, 2.24) is 15.2 Å². The van der Waals surface area contributed by atoms with Gasteiger partial charge in [0.05, 0.1) is 11.2 Å². The summed E-state index contributed by atoms with van der Waals surface area (Å²) in [6, 6.07) is 8.92. The van der Waals surface area contributed by atoms with Crippen molar-refractivity contribution in [1.29, 1.82) is 0 Å². The van der Waals surface area contributed by atoms with Crippen molar-refractivity contribution in [2.75, 3.05) is 13.6 Å². The SMILES string of the molecule is CCCNCc1ccc(CN(C)Cc2scnc2C)cc1. The fraction of sp³-hybridized carbons (Fsp3) is 0.471. The minimum atomic E-state index is 0.962. The van der Waals surface area contributed by atoms with Crippen molar-refractivity contribution in [3.8, 4) is 0 Å². The number of aromatic nitrogens is 1. The molecule has 2 aromatic rings. The van der Waals surface area contributed by atoms with Gasteiger partial charge in [0.2, 0.25) is 0 Å². The van der Waals surface area contributed by atoms with Crippen LogP contribution < -0.4 is 5.32 Å². The first-order chi connectivity index (χ1) is 10.2. The van der Waals surface area contributed by atoms with Gasteiger partial charge in [-0.1, -0.05) is 31.2 Å². The molecule has 1 heterocycles. The molecule has 1 aromatic heterocycles. The van der Waals surface area contributed by atoms with Crippen LogP contribution in [0.1, 0.15) is 35.0 Å². The van der Waals surface area contributed by atoms with E-state index >= 15 is 0 Å². The maximum Gasteiger partial charge on any atom is 0.0798 e. The maximum atomic E-state index is 4.31. The first kappa shape index (κ1) is 16.1. The Morgan fingerprint density at radius 1 is 1.14 bits per heavy atom. The van der Waals surface area contributed by atoms with Crippen molar-refractivity contribution < 1.29 is 0 Å². The van der Waals surface area contributed by atoms with Crippen molar-refractivity contribution in [2.24, 2.45) is 0 Å². The van der Waals surface area contributed by atoms with Gasteiger partial charge >= 0.3 is 0 Å². The Morgan fingerprint density at radius 2 is 1.86 bits per heavy atom. The van der Waals surface area contributed by atoms with Gasteiger partial charge in [-0.3, -0.25) is 4.90 Å². The van der Waals surface area contributed by atoms with E-state index in [0.717, 1.165) is 31.9 Å². The Morgan fingerprint density at radius 3 is 2.48 bits per heavy atom. The largest absolute Gasteiger partial charge is 0.313 e. The van der Waals surface area contributed by atoms with Gasteiger partial charge in [0.25, 0.3) is 0 Å². The van der Waals surface area contributed by atoms with Crippen LogP contribution in [-0.4, -0.2) is 23.5 Å². The molecule has 0 unspecified atom stereocenters. The van der Waals surface area contributed by atoms with Gasteiger partial charge in [-0.15, -0.1) is 11.3 Å². The predicted molar refractivity (Wildman–Crippen MR) is 90.5 cm³/mol. The molecule has 114 valence electrons. The van der Waals surface area contributed by atoms with Crippen LogP contribution in [0, 0.1) is 6.92 Å². The van der Waals surface area contributed by atoms with E-state index < -0.39 is 0 Å². The first-order valence-corrected chi connectivity index (χ1v) is 8.43. The summed E-state index contributed by atoms with van der Waals surface area (Å²) in [5.41, 5.74) is 5.80. The van der Waals surface area contributed by atoms with Crippen LogP contribution in [0.4, 0.5) is 0 Å². The van der Waals surface area contributed by atoms with Crippen LogP contribution >= 0.6 is 11.3 Å². The number of nitrogens with one attached hydrogen (secondary N) is 1. The molecule has 0 amide bonds. The van der Waals surface area contributed by atoms with Crippen LogP contribution in [0.3, 0.4) is 0 Å². The van der Waals surface area contributed by atoms with Crippen molar-refractivity contribution in [3.05, 3.63) is 51.5 Å². The summed E-state index contributed by atoms with van der Waals surface area (Å²) in [4.78, 5) is 8.01. The molecule has 0 saturated heterocycles. The maximum absolute atomic E-state index is 4.31. The van der Waals surface area contributed by atoms with E-state index in [9.17, 15) is 0 Å². The Bertz CT molecular complexity index is 533. The lowest BCUT2D eigenvalue weighted by Gasteiger charge is -2.16. The fourth-order valence-electron chi connectivity index (χ4n) is 2.26. The molecule has 0 atom stereocenters. The number of hydrogen-bond donors (Lipinski definition) is 1. The monoisotopic (exact) mass is 303 g/mol. The molecule has 0 aliphatic heterocycles. The number of nitrogens with zero attached hydrogens (tertiary/aromatic N) is 2. The third-order valence-electron chi connectivity index (χ3n) is 3.49. The summed E-state index contributed by atoms with van der Waals surface area (Å²) in [5.74, 6) is 0. The van der Waals surface area contributed by atoms with E-state index in [1.54, 1.807) is 11.3 Å². The number of aryl methyl sites for hydroxylation is 1. The molecule has 2 rings (SSSR count). The topological polar surface area (TPSA) is 28.2 Å². The predicted octanol–water partition coefficient (Wildman–Crippen LogP) is 3.58. The summed E-state index contributed by atoms with van der Waals surface area (Å²) in [7, 11) is 2.16. The van der Waals surface area contributed by atoms with Gasteiger partial charge in [0, 0.05) is 24.5 Å². The highest BCUT2D eigenvalue weighted by Gasteiger charge is 2.06. The molecule has 0 aliphatic carbocycles. The second-order valence-corrected chi connectivity index (χ2v) is 6.47. The summed E-state index contributed by atoms with van der Waals surface area (Å²) < 4.78 is 0. The van der Waals surface area contributed by atoms with E-state index in [1.807, 2.05) is 5.51 Å². The quantitative estimate of drug-likeness (QED) is 0.756. The average Bonchev–Trinajstić information content (AvgIpc) is 2.86. The van der Waals surface area contributed by atoms with Crippen LogP contribution in [0.5, 0.6) is 0 Å². The fourth-order valence-corrected chi connectivity index (χ4v) is 3.12. The van der Waals surface area contributed by atoms with Crippen molar-refractivity contribution in [2.45, 2.75) is 39.9 Å². The molecule has 0 aliphatic rings. The summed E-state index contributed by atoms with van der Waals surface area (Å²) in [6.07, 6.45) is 1.18. The third kappa shape index (κ3) is 5.23. The van der Waals surface area contributed by atoms with E-state index in [4.69, 9.17) is 0 Å². The standard InChI is InChI=1S/C17H25N3S/c1-4-9-18-10-15-5-7-16(8-6-15)11-20(3)12-17-14(2)19-13-21-17/h5-8,13,18H,4,9-12H2,1-3H3. The van der Waals surface area contributed by atoms with E-state index in [-0.39, 0.29) is 0 Å². The molecule has 0 fully saturated rings. The van der Waals surface area contributed by atoms with Crippen LogP contribution in [0.2, 0.25) is 0 Å². The second-order valence-electron chi connectivity index (χ2n) is 5.53. The summed E-state index contributed by atoms with van der Waals surface area (Å²) in [6.45, 7) is 8.26. The highest BCUT2D eigenvalue weighted by molar-refractivity contribution is 7.09. The second kappa shape index (κ2) is 8.27. The number of hydrogen-bond acceptors (Lipinski definition) is 4. The molecule has 4 heteroatoms. The van der Waals surface area contributed by atoms with E-state index in [2.05, 4.69) is 60.4 Å². The summed E-state index contributed by atoms with van der Waals surface area (Å²) in [5, 5.41) is 3.43. The normalized spacial score (nSPS) is 11.2. The van der Waals surface area contributed by atoms with Gasteiger partial charge in [-0.05, 0) is 38.1 Å². The lowest BCUT2D eigenvalue weighted by Crippen LogP contribution is -2.17. The smallest absolute Gasteiger partial charge is 0.0798 e. The first-order valence-electron chi connectivity index (χ1n) is 7.55. The molecule has 0 bridgehead atoms. The molecule has 0 saturated carbocycles. The number of benzene rings is 1. The lowest BCUT2D eigenvalue weighted by atomic mass is 10.1. The molecule has 1 aromatic carbocycles. The van der Waals surface area contributed by atoms with Crippen LogP contribution in [0.25, 0.3) is 0 Å². The zero-order chi connectivity index (χ0) is 15.1. The minimum Gasteiger partial charge on any atom is -0.313 e. The minimum absolute atomic E-state index is 0.962.